The molecule has 0 spiro atoms. The van der Waals surface area contributed by atoms with E-state index in [9.17, 15) is 4.79 Å². The first-order valence-corrected chi connectivity index (χ1v) is 11.6. The Morgan fingerprint density at radius 2 is 1.90 bits per heavy atom. The van der Waals surface area contributed by atoms with Crippen LogP contribution in [0.5, 0.6) is 0 Å². The van der Waals surface area contributed by atoms with Crippen LogP contribution in [0, 0.1) is 0 Å². The van der Waals surface area contributed by atoms with Crippen LogP contribution in [0.15, 0.2) is 42.6 Å². The summed E-state index contributed by atoms with van der Waals surface area (Å²) in [6.07, 6.45) is 6.38. The van der Waals surface area contributed by atoms with Crippen LogP contribution >= 0.6 is 0 Å². The minimum absolute atomic E-state index is 0.129. The lowest BCUT2D eigenvalue weighted by Crippen LogP contribution is -2.50. The van der Waals surface area contributed by atoms with E-state index in [1.165, 1.54) is 12.8 Å². The number of likely N-dealkylation sites (tertiary alicyclic amines) is 1. The standard InChI is InChI=1S/C24H32N6O/c1-17(18-8-3-2-4-9-18)23(31)30-15-7-10-21(30)22-19(16-26-28-22)20-11-12-25-24(27-20)29-13-5-6-14-29/h2-4,8-9,11-12,17,19,21-22,26,28H,5-7,10,13-16H2,1H3. The zero-order valence-electron chi connectivity index (χ0n) is 18.2. The summed E-state index contributed by atoms with van der Waals surface area (Å²) in [5.41, 5.74) is 8.97. The second kappa shape index (κ2) is 8.93. The van der Waals surface area contributed by atoms with Gasteiger partial charge in [-0.15, -0.1) is 0 Å². The van der Waals surface area contributed by atoms with E-state index in [1.54, 1.807) is 0 Å². The monoisotopic (exact) mass is 420 g/mol. The Morgan fingerprint density at radius 3 is 2.71 bits per heavy atom. The van der Waals surface area contributed by atoms with E-state index in [0.717, 1.165) is 56.2 Å². The molecule has 2 N–H and O–H groups in total. The maximum Gasteiger partial charge on any atom is 0.230 e. The van der Waals surface area contributed by atoms with E-state index in [1.807, 2.05) is 49.5 Å². The molecule has 3 saturated heterocycles. The lowest BCUT2D eigenvalue weighted by atomic mass is 9.90. The third kappa shape index (κ3) is 4.04. The van der Waals surface area contributed by atoms with Gasteiger partial charge in [0.25, 0.3) is 0 Å². The number of amides is 1. The molecule has 5 rings (SSSR count). The third-order valence-electron chi connectivity index (χ3n) is 7.12. The quantitative estimate of drug-likeness (QED) is 0.774. The van der Waals surface area contributed by atoms with E-state index < -0.39 is 0 Å². The molecule has 3 aliphatic rings. The van der Waals surface area contributed by atoms with Crippen molar-refractivity contribution in [2.75, 3.05) is 31.1 Å². The van der Waals surface area contributed by atoms with Crippen molar-refractivity contribution in [3.05, 3.63) is 53.9 Å². The smallest absolute Gasteiger partial charge is 0.230 e. The van der Waals surface area contributed by atoms with Crippen molar-refractivity contribution in [1.82, 2.24) is 25.7 Å². The number of carbonyl (C=O) groups excluding carboxylic acids is 1. The fourth-order valence-corrected chi connectivity index (χ4v) is 5.38. The van der Waals surface area contributed by atoms with Gasteiger partial charge in [-0.1, -0.05) is 30.3 Å². The molecular formula is C24H32N6O. The van der Waals surface area contributed by atoms with Crippen molar-refractivity contribution >= 4 is 11.9 Å². The first-order valence-electron chi connectivity index (χ1n) is 11.6. The number of benzene rings is 1. The third-order valence-corrected chi connectivity index (χ3v) is 7.12. The molecule has 0 radical (unpaired) electrons. The SMILES string of the molecule is CC(C(=O)N1CCCC1C1NNCC1c1ccnc(N2CCCC2)n1)c1ccccc1. The Balaban J connectivity index is 1.35. The number of aromatic nitrogens is 2. The number of carbonyl (C=O) groups is 1. The second-order valence-corrected chi connectivity index (χ2v) is 9.01. The Kier molecular flexibility index (Phi) is 5.87. The molecule has 4 heterocycles. The molecule has 0 bridgehead atoms. The van der Waals surface area contributed by atoms with Crippen LogP contribution < -0.4 is 15.8 Å². The molecule has 164 valence electrons. The number of nitrogens with one attached hydrogen (secondary N) is 2. The summed E-state index contributed by atoms with van der Waals surface area (Å²) < 4.78 is 0. The highest BCUT2D eigenvalue weighted by Crippen LogP contribution is 2.33. The van der Waals surface area contributed by atoms with Crippen LogP contribution in [0.25, 0.3) is 0 Å². The molecule has 3 fully saturated rings. The number of nitrogens with zero attached hydrogens (tertiary/aromatic N) is 4. The fourth-order valence-electron chi connectivity index (χ4n) is 5.38. The second-order valence-electron chi connectivity index (χ2n) is 9.01. The molecule has 1 amide bonds. The molecule has 3 aliphatic heterocycles. The predicted molar refractivity (Wildman–Crippen MR) is 121 cm³/mol. The zero-order chi connectivity index (χ0) is 21.2. The summed E-state index contributed by atoms with van der Waals surface area (Å²) in [6.45, 7) is 5.74. The highest BCUT2D eigenvalue weighted by atomic mass is 16.2. The molecule has 7 heteroatoms. The molecule has 1 aromatic carbocycles. The minimum atomic E-state index is -0.129. The van der Waals surface area contributed by atoms with Gasteiger partial charge < -0.3 is 9.80 Å². The molecule has 7 nitrogen and oxygen atoms in total. The van der Waals surface area contributed by atoms with Gasteiger partial charge in [-0.3, -0.25) is 15.6 Å². The maximum absolute atomic E-state index is 13.4. The van der Waals surface area contributed by atoms with Crippen molar-refractivity contribution < 1.29 is 4.79 Å². The number of hydrogen-bond acceptors (Lipinski definition) is 6. The van der Waals surface area contributed by atoms with Crippen LogP contribution in [0.3, 0.4) is 0 Å². The highest BCUT2D eigenvalue weighted by molar-refractivity contribution is 5.84. The van der Waals surface area contributed by atoms with Crippen LogP contribution in [0.4, 0.5) is 5.95 Å². The van der Waals surface area contributed by atoms with Crippen LogP contribution in [-0.4, -0.2) is 59.0 Å². The number of anilines is 1. The normalized spacial score (nSPS) is 27.1. The van der Waals surface area contributed by atoms with E-state index in [4.69, 9.17) is 4.98 Å². The van der Waals surface area contributed by atoms with Crippen LogP contribution in [0.2, 0.25) is 0 Å². The Labute approximate surface area is 184 Å². The molecule has 4 unspecified atom stereocenters. The van der Waals surface area contributed by atoms with Gasteiger partial charge in [-0.05, 0) is 44.2 Å². The number of rotatable bonds is 5. The van der Waals surface area contributed by atoms with Crippen LogP contribution in [0.1, 0.15) is 55.7 Å². The molecule has 1 aromatic heterocycles. The van der Waals surface area contributed by atoms with Crippen molar-refractivity contribution in [1.29, 1.82) is 0 Å². The average molecular weight is 421 g/mol. The average Bonchev–Trinajstić information content (AvgIpc) is 3.59. The van der Waals surface area contributed by atoms with Gasteiger partial charge in [-0.25, -0.2) is 9.97 Å². The van der Waals surface area contributed by atoms with Crippen molar-refractivity contribution in [2.45, 2.75) is 56.5 Å². The molecular weight excluding hydrogens is 388 g/mol. The van der Waals surface area contributed by atoms with Gasteiger partial charge >= 0.3 is 0 Å². The summed E-state index contributed by atoms with van der Waals surface area (Å²) >= 11 is 0. The Morgan fingerprint density at radius 1 is 1.10 bits per heavy atom. The predicted octanol–water partition coefficient (Wildman–Crippen LogP) is 2.43. The Hall–Kier alpha value is -2.51. The molecule has 31 heavy (non-hydrogen) atoms. The molecule has 0 saturated carbocycles. The maximum atomic E-state index is 13.4. The first-order chi connectivity index (χ1) is 15.2. The summed E-state index contributed by atoms with van der Waals surface area (Å²) in [6, 6.07) is 12.5. The largest absolute Gasteiger partial charge is 0.341 e. The number of hydrogen-bond donors (Lipinski definition) is 2. The topological polar surface area (TPSA) is 73.4 Å². The molecule has 4 atom stereocenters. The van der Waals surface area contributed by atoms with E-state index in [-0.39, 0.29) is 29.8 Å². The van der Waals surface area contributed by atoms with Gasteiger partial charge in [0.05, 0.1) is 17.7 Å². The van der Waals surface area contributed by atoms with E-state index in [0.29, 0.717) is 0 Å². The summed E-state index contributed by atoms with van der Waals surface area (Å²) in [4.78, 5) is 27.3. The lowest BCUT2D eigenvalue weighted by molar-refractivity contribution is -0.133. The summed E-state index contributed by atoms with van der Waals surface area (Å²) in [7, 11) is 0. The lowest BCUT2D eigenvalue weighted by Gasteiger charge is -2.34. The van der Waals surface area contributed by atoms with Crippen molar-refractivity contribution in [3.63, 3.8) is 0 Å². The van der Waals surface area contributed by atoms with Gasteiger partial charge in [0, 0.05) is 44.3 Å². The highest BCUT2D eigenvalue weighted by Gasteiger charge is 2.43. The van der Waals surface area contributed by atoms with E-state index >= 15 is 0 Å². The van der Waals surface area contributed by atoms with Gasteiger partial charge in [0.1, 0.15) is 0 Å². The Bertz CT molecular complexity index is 900. The van der Waals surface area contributed by atoms with E-state index in [2.05, 4.69) is 25.6 Å². The summed E-state index contributed by atoms with van der Waals surface area (Å²) in [5, 5.41) is 0. The minimum Gasteiger partial charge on any atom is -0.341 e. The van der Waals surface area contributed by atoms with Gasteiger partial charge in [0.15, 0.2) is 0 Å². The van der Waals surface area contributed by atoms with Crippen molar-refractivity contribution in [3.8, 4) is 0 Å². The van der Waals surface area contributed by atoms with Gasteiger partial charge in [0.2, 0.25) is 11.9 Å². The number of hydrazine groups is 1. The molecule has 0 aliphatic carbocycles. The zero-order valence-corrected chi connectivity index (χ0v) is 18.2. The molecule has 2 aromatic rings. The van der Waals surface area contributed by atoms with Gasteiger partial charge in [-0.2, -0.15) is 0 Å². The summed E-state index contributed by atoms with van der Waals surface area (Å²) in [5.74, 6) is 1.16. The van der Waals surface area contributed by atoms with Crippen LogP contribution in [-0.2, 0) is 4.79 Å². The van der Waals surface area contributed by atoms with Crippen molar-refractivity contribution in [2.24, 2.45) is 0 Å². The first kappa shape index (κ1) is 20.4. The fraction of sp³-hybridized carbons (Fsp3) is 0.542.